The smallest absolute Gasteiger partial charge is 0.0524 e. The molecule has 1 rings (SSSR count). The maximum atomic E-state index is 9.21. The SMILES string of the molecule is CC(O)CCN1CCC(N)C(C)(C)C1. The van der Waals surface area contributed by atoms with E-state index in [2.05, 4.69) is 18.7 Å². The van der Waals surface area contributed by atoms with Crippen LogP contribution in [0.25, 0.3) is 0 Å². The Morgan fingerprint density at radius 2 is 2.21 bits per heavy atom. The standard InChI is InChI=1S/C11H24N2O/c1-9(14)4-6-13-7-5-10(12)11(2,3)8-13/h9-10,14H,4-8,12H2,1-3H3. The summed E-state index contributed by atoms with van der Waals surface area (Å²) in [4.78, 5) is 2.41. The Labute approximate surface area is 87.3 Å². The van der Waals surface area contributed by atoms with Gasteiger partial charge in [-0.25, -0.2) is 0 Å². The largest absolute Gasteiger partial charge is 0.393 e. The molecule has 1 saturated heterocycles. The van der Waals surface area contributed by atoms with Crippen molar-refractivity contribution in [3.8, 4) is 0 Å². The molecule has 3 nitrogen and oxygen atoms in total. The number of nitrogens with two attached hydrogens (primary N) is 1. The van der Waals surface area contributed by atoms with Gasteiger partial charge in [0.1, 0.15) is 0 Å². The van der Waals surface area contributed by atoms with Crippen LogP contribution < -0.4 is 5.73 Å². The molecule has 0 aromatic heterocycles. The van der Waals surface area contributed by atoms with E-state index in [1.807, 2.05) is 6.92 Å². The highest BCUT2D eigenvalue weighted by Crippen LogP contribution is 2.27. The van der Waals surface area contributed by atoms with Gasteiger partial charge in [-0.1, -0.05) is 13.8 Å². The van der Waals surface area contributed by atoms with E-state index < -0.39 is 0 Å². The molecule has 0 aromatic carbocycles. The molecule has 0 aromatic rings. The van der Waals surface area contributed by atoms with Crippen molar-refractivity contribution in [2.75, 3.05) is 19.6 Å². The van der Waals surface area contributed by atoms with Gasteiger partial charge in [-0.2, -0.15) is 0 Å². The summed E-state index contributed by atoms with van der Waals surface area (Å²) < 4.78 is 0. The summed E-state index contributed by atoms with van der Waals surface area (Å²) in [6.45, 7) is 9.44. The molecule has 2 atom stereocenters. The van der Waals surface area contributed by atoms with Gasteiger partial charge in [0.25, 0.3) is 0 Å². The maximum Gasteiger partial charge on any atom is 0.0524 e. The summed E-state index contributed by atoms with van der Waals surface area (Å²) in [7, 11) is 0. The van der Waals surface area contributed by atoms with Gasteiger partial charge < -0.3 is 15.7 Å². The van der Waals surface area contributed by atoms with E-state index in [1.165, 1.54) is 0 Å². The molecule has 14 heavy (non-hydrogen) atoms. The van der Waals surface area contributed by atoms with Gasteiger partial charge in [0, 0.05) is 19.1 Å². The van der Waals surface area contributed by atoms with Crippen molar-refractivity contribution < 1.29 is 5.11 Å². The van der Waals surface area contributed by atoms with E-state index >= 15 is 0 Å². The van der Waals surface area contributed by atoms with E-state index in [9.17, 15) is 5.11 Å². The minimum Gasteiger partial charge on any atom is -0.393 e. The molecule has 0 spiro atoms. The highest BCUT2D eigenvalue weighted by atomic mass is 16.3. The Morgan fingerprint density at radius 1 is 1.57 bits per heavy atom. The lowest BCUT2D eigenvalue weighted by molar-refractivity contribution is 0.0789. The molecule has 2 unspecified atom stereocenters. The average Bonchev–Trinajstić information content (AvgIpc) is 2.07. The van der Waals surface area contributed by atoms with E-state index in [0.29, 0.717) is 6.04 Å². The topological polar surface area (TPSA) is 49.5 Å². The summed E-state index contributed by atoms with van der Waals surface area (Å²) in [6.07, 6.45) is 1.76. The summed E-state index contributed by atoms with van der Waals surface area (Å²) in [5.41, 5.74) is 6.27. The van der Waals surface area contributed by atoms with Gasteiger partial charge in [0.05, 0.1) is 6.10 Å². The van der Waals surface area contributed by atoms with Crippen LogP contribution in [0.15, 0.2) is 0 Å². The molecule has 3 heteroatoms. The zero-order chi connectivity index (χ0) is 10.8. The first-order valence-corrected chi connectivity index (χ1v) is 5.58. The zero-order valence-corrected chi connectivity index (χ0v) is 9.66. The maximum absolute atomic E-state index is 9.21. The molecular formula is C11H24N2O. The van der Waals surface area contributed by atoms with Gasteiger partial charge in [0.15, 0.2) is 0 Å². The van der Waals surface area contributed by atoms with Crippen molar-refractivity contribution in [1.82, 2.24) is 4.90 Å². The summed E-state index contributed by atoms with van der Waals surface area (Å²) in [6, 6.07) is 0.324. The number of hydrogen-bond acceptors (Lipinski definition) is 3. The van der Waals surface area contributed by atoms with Crippen LogP contribution in [-0.2, 0) is 0 Å². The quantitative estimate of drug-likeness (QED) is 0.709. The lowest BCUT2D eigenvalue weighted by Gasteiger charge is -2.42. The van der Waals surface area contributed by atoms with Crippen LogP contribution in [0, 0.1) is 5.41 Å². The van der Waals surface area contributed by atoms with Crippen molar-refractivity contribution >= 4 is 0 Å². The Kier molecular flexibility index (Phi) is 3.93. The van der Waals surface area contributed by atoms with Crippen molar-refractivity contribution in [3.63, 3.8) is 0 Å². The molecule has 0 saturated carbocycles. The number of rotatable bonds is 3. The third-order valence-electron chi connectivity index (χ3n) is 3.25. The van der Waals surface area contributed by atoms with E-state index in [0.717, 1.165) is 32.5 Å². The number of aliphatic hydroxyl groups excluding tert-OH is 1. The van der Waals surface area contributed by atoms with Crippen LogP contribution in [-0.4, -0.2) is 41.8 Å². The minimum absolute atomic E-state index is 0.186. The fraction of sp³-hybridized carbons (Fsp3) is 1.00. The predicted octanol–water partition coefficient (Wildman–Crippen LogP) is 0.816. The van der Waals surface area contributed by atoms with Crippen molar-refractivity contribution in [3.05, 3.63) is 0 Å². The Balaban J connectivity index is 2.36. The third kappa shape index (κ3) is 3.23. The van der Waals surface area contributed by atoms with Crippen LogP contribution in [0.5, 0.6) is 0 Å². The molecule has 1 fully saturated rings. The van der Waals surface area contributed by atoms with Crippen LogP contribution in [0.1, 0.15) is 33.6 Å². The van der Waals surface area contributed by atoms with Crippen molar-refractivity contribution in [2.45, 2.75) is 45.8 Å². The third-order valence-corrected chi connectivity index (χ3v) is 3.25. The highest BCUT2D eigenvalue weighted by Gasteiger charge is 2.32. The highest BCUT2D eigenvalue weighted by molar-refractivity contribution is 4.89. The van der Waals surface area contributed by atoms with Crippen molar-refractivity contribution in [2.24, 2.45) is 11.1 Å². The lowest BCUT2D eigenvalue weighted by Crippen LogP contribution is -2.52. The van der Waals surface area contributed by atoms with Gasteiger partial charge in [-0.3, -0.25) is 0 Å². The van der Waals surface area contributed by atoms with Crippen LogP contribution in [0.3, 0.4) is 0 Å². The second-order valence-corrected chi connectivity index (χ2v) is 5.30. The second kappa shape index (κ2) is 4.60. The molecule has 0 radical (unpaired) electrons. The predicted molar refractivity (Wildman–Crippen MR) is 59.1 cm³/mol. The molecule has 3 N–H and O–H groups in total. The number of nitrogens with zero attached hydrogens (tertiary/aromatic N) is 1. The molecule has 1 aliphatic rings. The Morgan fingerprint density at radius 3 is 2.71 bits per heavy atom. The van der Waals surface area contributed by atoms with Gasteiger partial charge in [-0.15, -0.1) is 0 Å². The molecule has 1 aliphatic heterocycles. The fourth-order valence-corrected chi connectivity index (χ4v) is 2.05. The Bertz CT molecular complexity index is 180. The number of piperidine rings is 1. The fourth-order valence-electron chi connectivity index (χ4n) is 2.05. The monoisotopic (exact) mass is 200 g/mol. The second-order valence-electron chi connectivity index (χ2n) is 5.30. The number of aliphatic hydroxyl groups is 1. The molecule has 0 bridgehead atoms. The van der Waals surface area contributed by atoms with Crippen LogP contribution in [0.2, 0.25) is 0 Å². The van der Waals surface area contributed by atoms with E-state index in [4.69, 9.17) is 5.73 Å². The van der Waals surface area contributed by atoms with Gasteiger partial charge >= 0.3 is 0 Å². The average molecular weight is 200 g/mol. The zero-order valence-electron chi connectivity index (χ0n) is 9.66. The number of hydrogen-bond donors (Lipinski definition) is 2. The molecule has 1 heterocycles. The first kappa shape index (κ1) is 12.0. The number of likely N-dealkylation sites (tertiary alicyclic amines) is 1. The van der Waals surface area contributed by atoms with E-state index in [-0.39, 0.29) is 11.5 Å². The molecular weight excluding hydrogens is 176 g/mol. The lowest BCUT2D eigenvalue weighted by atomic mass is 9.79. The summed E-state index contributed by atoms with van der Waals surface area (Å²) in [5, 5.41) is 9.21. The van der Waals surface area contributed by atoms with Crippen molar-refractivity contribution in [1.29, 1.82) is 0 Å². The van der Waals surface area contributed by atoms with Gasteiger partial charge in [0.2, 0.25) is 0 Å². The Hall–Kier alpha value is -0.120. The van der Waals surface area contributed by atoms with Crippen LogP contribution in [0.4, 0.5) is 0 Å². The minimum atomic E-state index is -0.186. The van der Waals surface area contributed by atoms with E-state index in [1.54, 1.807) is 0 Å². The summed E-state index contributed by atoms with van der Waals surface area (Å²) >= 11 is 0. The molecule has 84 valence electrons. The molecule has 0 aliphatic carbocycles. The molecule has 0 amide bonds. The normalized spacial score (nSPS) is 30.2. The van der Waals surface area contributed by atoms with Gasteiger partial charge in [-0.05, 0) is 31.7 Å². The summed E-state index contributed by atoms with van der Waals surface area (Å²) in [5.74, 6) is 0. The van der Waals surface area contributed by atoms with Crippen LogP contribution >= 0.6 is 0 Å². The first-order chi connectivity index (χ1) is 6.42. The first-order valence-electron chi connectivity index (χ1n) is 5.58.